The second-order valence-corrected chi connectivity index (χ2v) is 10.1. The number of carbonyl (C=O) groups excluding carboxylic acids is 2. The summed E-state index contributed by atoms with van der Waals surface area (Å²) in [6, 6.07) is 2.61. The van der Waals surface area contributed by atoms with Crippen molar-refractivity contribution < 1.29 is 23.1 Å². The normalized spacial score (nSPS) is 17.0. The van der Waals surface area contributed by atoms with E-state index in [1.54, 1.807) is 0 Å². The summed E-state index contributed by atoms with van der Waals surface area (Å²) in [4.78, 5) is 35.5. The summed E-state index contributed by atoms with van der Waals surface area (Å²) in [5.74, 6) is 5.65. The predicted molar refractivity (Wildman–Crippen MR) is 141 cm³/mol. The van der Waals surface area contributed by atoms with Crippen LogP contribution in [0.4, 0.5) is 14.6 Å². The number of hydrogen-bond donors (Lipinski definition) is 3. The fourth-order valence-corrected chi connectivity index (χ4v) is 4.35. The lowest BCUT2D eigenvalue weighted by Crippen LogP contribution is -2.38. The van der Waals surface area contributed by atoms with Gasteiger partial charge in [0.15, 0.2) is 5.17 Å². The van der Waals surface area contributed by atoms with Gasteiger partial charge in [0, 0.05) is 36.2 Å². The minimum atomic E-state index is -2.87. The van der Waals surface area contributed by atoms with E-state index in [0.717, 1.165) is 31.5 Å². The molecule has 0 aromatic carbocycles. The second kappa shape index (κ2) is 11.7. The van der Waals surface area contributed by atoms with Crippen LogP contribution in [0.1, 0.15) is 55.1 Å². The maximum atomic E-state index is 13.5. The van der Waals surface area contributed by atoms with Crippen molar-refractivity contribution in [3.8, 4) is 28.7 Å². The lowest BCUT2D eigenvalue weighted by atomic mass is 9.97. The van der Waals surface area contributed by atoms with Gasteiger partial charge in [-0.25, -0.2) is 13.8 Å². The Kier molecular flexibility index (Phi) is 8.36. The smallest absolute Gasteiger partial charge is 0.280 e. The molecule has 3 heterocycles. The Labute approximate surface area is 222 Å². The molecule has 9 nitrogen and oxygen atoms in total. The first-order valence-electron chi connectivity index (χ1n) is 12.0. The zero-order chi connectivity index (χ0) is 27.4. The fourth-order valence-electron chi connectivity index (χ4n) is 3.89. The number of rotatable bonds is 5. The van der Waals surface area contributed by atoms with Gasteiger partial charge in [-0.3, -0.25) is 30.3 Å². The van der Waals surface area contributed by atoms with Gasteiger partial charge in [-0.1, -0.05) is 12.8 Å². The Morgan fingerprint density at radius 3 is 2.63 bits per heavy atom. The molecule has 38 heavy (non-hydrogen) atoms. The summed E-state index contributed by atoms with van der Waals surface area (Å²) >= 11 is 0.688. The second-order valence-electron chi connectivity index (χ2n) is 9.10. The first kappa shape index (κ1) is 27.2. The molecule has 12 heteroatoms. The highest BCUT2D eigenvalue weighted by Gasteiger charge is 2.28. The number of pyridine rings is 2. The quantitative estimate of drug-likeness (QED) is 0.288. The van der Waals surface area contributed by atoms with E-state index in [1.165, 1.54) is 24.3 Å². The summed E-state index contributed by atoms with van der Waals surface area (Å²) in [7, 11) is 1.35. The van der Waals surface area contributed by atoms with E-state index < -0.39 is 18.0 Å². The third-order valence-electron chi connectivity index (χ3n) is 6.10. The Morgan fingerprint density at radius 2 is 1.97 bits per heavy atom. The van der Waals surface area contributed by atoms with Gasteiger partial charge in [0.2, 0.25) is 5.91 Å². The van der Waals surface area contributed by atoms with E-state index in [2.05, 4.69) is 27.1 Å². The number of amidine groups is 1. The number of piperidine rings is 1. The molecular formula is C26H26F2N6O3S. The van der Waals surface area contributed by atoms with Gasteiger partial charge >= 0.3 is 0 Å². The molecule has 1 unspecified atom stereocenters. The van der Waals surface area contributed by atoms with Crippen LogP contribution in [0, 0.1) is 34.5 Å². The van der Waals surface area contributed by atoms with Crippen LogP contribution >= 0.6 is 11.8 Å². The van der Waals surface area contributed by atoms with Gasteiger partial charge in [0.25, 0.3) is 12.3 Å². The lowest BCUT2D eigenvalue weighted by Gasteiger charge is -2.29. The van der Waals surface area contributed by atoms with Gasteiger partial charge in [-0.05, 0) is 55.0 Å². The number of halogens is 2. The lowest BCUT2D eigenvalue weighted by molar-refractivity contribution is -0.120. The maximum absolute atomic E-state index is 13.5. The molecule has 2 amide bonds. The Hall–Kier alpha value is -3.85. The van der Waals surface area contributed by atoms with Crippen LogP contribution in [0.25, 0.3) is 11.1 Å². The highest BCUT2D eigenvalue weighted by molar-refractivity contribution is 8.26. The first-order chi connectivity index (χ1) is 18.2. The number of methoxy groups -OCH3 is 1. The SMILES string of the molecule is COc1cnc(C(F)F)cc1-c1cc(N2CCC(C)CC2=O)ncc1C(=O)NC(=N)SC(=N)C#CC1CC1. The predicted octanol–water partition coefficient (Wildman–Crippen LogP) is 4.64. The average molecular weight is 541 g/mol. The molecule has 2 aromatic rings. The summed E-state index contributed by atoms with van der Waals surface area (Å²) in [5.41, 5.74) is -0.204. The largest absolute Gasteiger partial charge is 0.494 e. The van der Waals surface area contributed by atoms with Crippen molar-refractivity contribution in [1.29, 1.82) is 10.8 Å². The molecule has 0 spiro atoms. The topological polar surface area (TPSA) is 132 Å². The van der Waals surface area contributed by atoms with E-state index in [9.17, 15) is 18.4 Å². The Bertz CT molecular complexity index is 1350. The molecule has 0 bridgehead atoms. The highest BCUT2D eigenvalue weighted by Crippen LogP contribution is 2.36. The summed E-state index contributed by atoms with van der Waals surface area (Å²) in [6.45, 7) is 2.42. The zero-order valence-corrected chi connectivity index (χ0v) is 21.6. The maximum Gasteiger partial charge on any atom is 0.280 e. The van der Waals surface area contributed by atoms with Crippen molar-refractivity contribution in [3.05, 3.63) is 35.8 Å². The molecule has 1 aliphatic heterocycles. The first-order valence-corrected chi connectivity index (χ1v) is 12.8. The number of aromatic nitrogens is 2. The number of thioether (sulfide) groups is 1. The molecule has 2 aliphatic rings. The minimum Gasteiger partial charge on any atom is -0.494 e. The average Bonchev–Trinajstić information content (AvgIpc) is 3.71. The molecule has 1 saturated carbocycles. The van der Waals surface area contributed by atoms with Crippen molar-refractivity contribution in [2.45, 2.75) is 39.0 Å². The number of ether oxygens (including phenoxy) is 1. The number of nitrogens with one attached hydrogen (secondary N) is 3. The molecule has 4 rings (SSSR count). The standard InChI is InChI=1S/C26H26F2N6O3S/c1-14-7-8-34(23(35)9-14)22-11-16(17-10-19(24(27)28)31-13-20(17)37-2)18(12-32-22)25(36)33-26(30)38-21(29)6-5-15-3-4-15/h10-15,24,29H,3-4,7-9H2,1-2H3,(H2,30,33,36). The van der Waals surface area contributed by atoms with Crippen molar-refractivity contribution >= 4 is 39.6 Å². The molecule has 1 atom stereocenters. The van der Waals surface area contributed by atoms with E-state index in [4.69, 9.17) is 15.6 Å². The van der Waals surface area contributed by atoms with Gasteiger partial charge in [-0.15, -0.1) is 0 Å². The third-order valence-corrected chi connectivity index (χ3v) is 6.71. The van der Waals surface area contributed by atoms with E-state index in [1.807, 2.05) is 6.92 Å². The van der Waals surface area contributed by atoms with Gasteiger partial charge in [-0.2, -0.15) is 0 Å². The van der Waals surface area contributed by atoms with Crippen molar-refractivity contribution in [2.75, 3.05) is 18.6 Å². The molecule has 2 fully saturated rings. The minimum absolute atomic E-state index is 0.0303. The van der Waals surface area contributed by atoms with Crippen LogP contribution < -0.4 is 15.0 Å². The molecular weight excluding hydrogens is 514 g/mol. The van der Waals surface area contributed by atoms with Gasteiger partial charge < -0.3 is 10.1 Å². The summed E-state index contributed by atoms with van der Waals surface area (Å²) in [6.07, 6.45) is 2.63. The number of carbonyl (C=O) groups is 2. The highest BCUT2D eigenvalue weighted by atomic mass is 32.2. The molecule has 198 valence electrons. The molecule has 1 aliphatic carbocycles. The monoisotopic (exact) mass is 540 g/mol. The molecule has 2 aromatic heterocycles. The number of amides is 2. The van der Waals surface area contributed by atoms with Crippen molar-refractivity contribution in [1.82, 2.24) is 15.3 Å². The zero-order valence-electron chi connectivity index (χ0n) is 20.8. The van der Waals surface area contributed by atoms with E-state index in [0.29, 0.717) is 24.7 Å². The Balaban J connectivity index is 1.69. The van der Waals surface area contributed by atoms with Crippen LogP contribution in [0.5, 0.6) is 5.75 Å². The van der Waals surface area contributed by atoms with Crippen LogP contribution in [0.3, 0.4) is 0 Å². The van der Waals surface area contributed by atoms with Crippen molar-refractivity contribution in [3.63, 3.8) is 0 Å². The van der Waals surface area contributed by atoms with E-state index >= 15 is 0 Å². The molecule has 0 radical (unpaired) electrons. The number of hydrogen-bond acceptors (Lipinski definition) is 8. The third kappa shape index (κ3) is 6.52. The van der Waals surface area contributed by atoms with E-state index in [-0.39, 0.29) is 56.2 Å². The molecule has 3 N–H and O–H groups in total. The summed E-state index contributed by atoms with van der Waals surface area (Å²) < 4.78 is 32.4. The van der Waals surface area contributed by atoms with Crippen LogP contribution in [0.15, 0.2) is 24.5 Å². The number of anilines is 1. The molecule has 1 saturated heterocycles. The van der Waals surface area contributed by atoms with Crippen LogP contribution in [0.2, 0.25) is 0 Å². The van der Waals surface area contributed by atoms with Crippen molar-refractivity contribution in [2.24, 2.45) is 11.8 Å². The number of nitrogens with zero attached hydrogens (tertiary/aromatic N) is 3. The van der Waals surface area contributed by atoms with Gasteiger partial charge in [0.1, 0.15) is 22.3 Å². The number of alkyl halides is 2. The van der Waals surface area contributed by atoms with Crippen LogP contribution in [-0.2, 0) is 4.79 Å². The van der Waals surface area contributed by atoms with Crippen LogP contribution in [-0.4, -0.2) is 45.6 Å². The summed E-state index contributed by atoms with van der Waals surface area (Å²) in [5, 5.41) is 18.0. The fraction of sp³-hybridized carbons (Fsp3) is 0.385. The van der Waals surface area contributed by atoms with Gasteiger partial charge in [0.05, 0.1) is 18.9 Å². The Morgan fingerprint density at radius 1 is 1.21 bits per heavy atom.